The lowest BCUT2D eigenvalue weighted by molar-refractivity contribution is 0.103. The lowest BCUT2D eigenvalue weighted by Crippen LogP contribution is -2.32. The third kappa shape index (κ3) is 4.92. The Morgan fingerprint density at radius 1 is 1.05 bits per heavy atom. The van der Waals surface area contributed by atoms with Gasteiger partial charge in [0.2, 0.25) is 5.78 Å². The van der Waals surface area contributed by atoms with Crippen molar-refractivity contribution in [2.24, 2.45) is 5.92 Å². The molecular formula is C32H28FN5O3. The van der Waals surface area contributed by atoms with E-state index in [-0.39, 0.29) is 11.5 Å². The molecule has 1 fully saturated rings. The highest BCUT2D eigenvalue weighted by Gasteiger charge is 2.33. The maximum absolute atomic E-state index is 15.0. The van der Waals surface area contributed by atoms with Crippen molar-refractivity contribution in [2.45, 2.75) is 25.8 Å². The van der Waals surface area contributed by atoms with E-state index in [1.165, 1.54) is 4.57 Å². The van der Waals surface area contributed by atoms with E-state index >= 15 is 0 Å². The molecule has 3 heterocycles. The molecule has 8 nitrogen and oxygen atoms in total. The average Bonchev–Trinajstić information content (AvgIpc) is 3.27. The molecule has 1 aliphatic carbocycles. The number of ether oxygens (including phenoxy) is 1. The topological polar surface area (TPSA) is 101 Å². The minimum Gasteiger partial charge on any atom is -0.490 e. The fourth-order valence-corrected chi connectivity index (χ4v) is 5.64. The summed E-state index contributed by atoms with van der Waals surface area (Å²) in [5.41, 5.74) is 2.07. The zero-order valence-electron chi connectivity index (χ0n) is 22.8. The van der Waals surface area contributed by atoms with E-state index in [4.69, 9.17) is 4.74 Å². The summed E-state index contributed by atoms with van der Waals surface area (Å²) in [7, 11) is 2.13. The molecule has 2 aromatic carbocycles. The van der Waals surface area contributed by atoms with Crippen molar-refractivity contribution in [1.82, 2.24) is 19.4 Å². The Labute approximate surface area is 236 Å². The van der Waals surface area contributed by atoms with Crippen molar-refractivity contribution in [3.63, 3.8) is 0 Å². The summed E-state index contributed by atoms with van der Waals surface area (Å²) in [6.45, 7) is 4.53. The predicted octanol–water partition coefficient (Wildman–Crippen LogP) is 4.86. The van der Waals surface area contributed by atoms with Gasteiger partial charge in [0.25, 0.3) is 5.56 Å². The smallest absolute Gasteiger partial charge is 0.287 e. The Morgan fingerprint density at radius 2 is 1.80 bits per heavy atom. The molecule has 1 atom stereocenters. The van der Waals surface area contributed by atoms with Gasteiger partial charge in [-0.1, -0.05) is 18.2 Å². The van der Waals surface area contributed by atoms with Crippen molar-refractivity contribution in [1.29, 1.82) is 5.26 Å². The minimum absolute atomic E-state index is 0.113. The van der Waals surface area contributed by atoms with Crippen molar-refractivity contribution in [2.75, 3.05) is 26.7 Å². The summed E-state index contributed by atoms with van der Waals surface area (Å²) in [6.07, 6.45) is 5.53. The lowest BCUT2D eigenvalue weighted by Gasteiger charge is -2.28. The summed E-state index contributed by atoms with van der Waals surface area (Å²) >= 11 is 0. The Kier molecular flexibility index (Phi) is 6.93. The summed E-state index contributed by atoms with van der Waals surface area (Å²) in [5, 5.41) is 9.31. The molecule has 2 aromatic heterocycles. The molecule has 0 radical (unpaired) electrons. The maximum atomic E-state index is 15.0. The summed E-state index contributed by atoms with van der Waals surface area (Å²) in [6, 6.07) is 14.4. The van der Waals surface area contributed by atoms with Gasteiger partial charge in [-0.25, -0.2) is 14.4 Å². The van der Waals surface area contributed by atoms with E-state index in [2.05, 4.69) is 21.9 Å². The zero-order valence-corrected chi connectivity index (χ0v) is 22.8. The molecule has 0 amide bonds. The Morgan fingerprint density at radius 3 is 2.54 bits per heavy atom. The largest absolute Gasteiger partial charge is 0.490 e. The van der Waals surface area contributed by atoms with Crippen LogP contribution < -0.4 is 10.3 Å². The van der Waals surface area contributed by atoms with Gasteiger partial charge in [-0.2, -0.15) is 5.26 Å². The summed E-state index contributed by atoms with van der Waals surface area (Å²) in [4.78, 5) is 37.8. The number of carbonyl (C=O) groups excluding carboxylic acids is 1. The van der Waals surface area contributed by atoms with Gasteiger partial charge < -0.3 is 9.64 Å². The molecule has 4 aromatic rings. The Bertz CT molecular complexity index is 1750. The van der Waals surface area contributed by atoms with E-state index in [1.807, 2.05) is 30.3 Å². The average molecular weight is 550 g/mol. The van der Waals surface area contributed by atoms with Crippen LogP contribution in [-0.4, -0.2) is 52.0 Å². The SMILES string of the molecule is CC(c1cccc(-c2ncc(OCC3CCN(C)CC3)cn2)c1)n1c2c(cc(F)c1=O)-c1cc(C#N)ccc1C2=O. The van der Waals surface area contributed by atoms with Crippen molar-refractivity contribution < 1.29 is 13.9 Å². The first-order valence-corrected chi connectivity index (χ1v) is 13.6. The van der Waals surface area contributed by atoms with Gasteiger partial charge in [-0.3, -0.25) is 14.2 Å². The van der Waals surface area contributed by atoms with E-state index in [0.717, 1.165) is 32.0 Å². The fraction of sp³-hybridized carbons (Fsp3) is 0.281. The first-order valence-electron chi connectivity index (χ1n) is 13.6. The second kappa shape index (κ2) is 10.7. The van der Waals surface area contributed by atoms with Crippen LogP contribution in [-0.2, 0) is 0 Å². The highest BCUT2D eigenvalue weighted by molar-refractivity contribution is 6.20. The van der Waals surface area contributed by atoms with Crippen LogP contribution in [0.2, 0.25) is 0 Å². The second-order valence-electron chi connectivity index (χ2n) is 10.7. The first-order chi connectivity index (χ1) is 19.8. The van der Waals surface area contributed by atoms with Gasteiger partial charge in [0.05, 0.1) is 36.7 Å². The normalized spacial score (nSPS) is 15.7. The van der Waals surface area contributed by atoms with E-state index in [1.54, 1.807) is 37.5 Å². The number of rotatable bonds is 6. The number of benzene rings is 2. The fourth-order valence-electron chi connectivity index (χ4n) is 5.64. The maximum Gasteiger partial charge on any atom is 0.287 e. The third-order valence-corrected chi connectivity index (χ3v) is 8.06. The van der Waals surface area contributed by atoms with Gasteiger partial charge in [-0.05, 0) is 87.3 Å². The van der Waals surface area contributed by atoms with Crippen LogP contribution in [0.25, 0.3) is 22.5 Å². The number of nitriles is 1. The molecule has 2 aliphatic rings. The van der Waals surface area contributed by atoms with Crippen molar-refractivity contribution in [3.05, 3.63) is 99.5 Å². The summed E-state index contributed by atoms with van der Waals surface area (Å²) in [5.74, 6) is 0.268. The number of piperidine rings is 1. The highest BCUT2D eigenvalue weighted by atomic mass is 19.1. The first kappa shape index (κ1) is 26.5. The summed E-state index contributed by atoms with van der Waals surface area (Å²) < 4.78 is 22.1. The molecule has 9 heteroatoms. The predicted molar refractivity (Wildman–Crippen MR) is 151 cm³/mol. The number of ketones is 1. The number of likely N-dealkylation sites (tertiary alicyclic amines) is 1. The van der Waals surface area contributed by atoms with Crippen LogP contribution >= 0.6 is 0 Å². The van der Waals surface area contributed by atoms with Crippen LogP contribution in [0, 0.1) is 23.1 Å². The molecule has 0 bridgehead atoms. The molecule has 41 heavy (non-hydrogen) atoms. The number of aromatic nitrogens is 3. The molecule has 0 N–H and O–H groups in total. The van der Waals surface area contributed by atoms with Gasteiger partial charge in [0.15, 0.2) is 17.4 Å². The number of hydrogen-bond donors (Lipinski definition) is 0. The Hall–Kier alpha value is -4.68. The van der Waals surface area contributed by atoms with E-state index in [0.29, 0.717) is 57.5 Å². The molecule has 6 rings (SSSR count). The number of hydrogen-bond acceptors (Lipinski definition) is 7. The molecular weight excluding hydrogens is 521 g/mol. The lowest BCUT2D eigenvalue weighted by atomic mass is 9.98. The van der Waals surface area contributed by atoms with Crippen molar-refractivity contribution in [3.8, 4) is 34.3 Å². The molecule has 206 valence electrons. The van der Waals surface area contributed by atoms with Gasteiger partial charge in [0.1, 0.15) is 5.69 Å². The van der Waals surface area contributed by atoms with E-state index < -0.39 is 17.4 Å². The van der Waals surface area contributed by atoms with Crippen LogP contribution in [0.4, 0.5) is 4.39 Å². The molecule has 1 saturated heterocycles. The minimum atomic E-state index is -0.964. The zero-order chi connectivity index (χ0) is 28.7. The molecule has 1 unspecified atom stereocenters. The quantitative estimate of drug-likeness (QED) is 0.298. The van der Waals surface area contributed by atoms with Crippen LogP contribution in [0.1, 0.15) is 53.0 Å². The van der Waals surface area contributed by atoms with Crippen LogP contribution in [0.15, 0.2) is 65.7 Å². The number of carbonyl (C=O) groups is 1. The van der Waals surface area contributed by atoms with Crippen LogP contribution in [0.3, 0.4) is 0 Å². The van der Waals surface area contributed by atoms with E-state index in [9.17, 15) is 19.2 Å². The van der Waals surface area contributed by atoms with Gasteiger partial charge >= 0.3 is 0 Å². The van der Waals surface area contributed by atoms with Crippen LogP contribution in [0.5, 0.6) is 5.75 Å². The van der Waals surface area contributed by atoms with Gasteiger partial charge in [0, 0.05) is 16.7 Å². The molecule has 0 saturated carbocycles. The molecule has 0 spiro atoms. The number of pyridine rings is 1. The monoisotopic (exact) mass is 549 g/mol. The van der Waals surface area contributed by atoms with Crippen molar-refractivity contribution >= 4 is 5.78 Å². The third-order valence-electron chi connectivity index (χ3n) is 8.06. The number of fused-ring (bicyclic) bond motifs is 3. The van der Waals surface area contributed by atoms with Gasteiger partial charge in [-0.15, -0.1) is 0 Å². The second-order valence-corrected chi connectivity index (χ2v) is 10.7. The Balaban J connectivity index is 1.27. The number of nitrogens with zero attached hydrogens (tertiary/aromatic N) is 5. The standard InChI is InChI=1S/C32H28FN5O3/c1-19(38-29-27(14-28(33)32(38)40)26-12-21(15-34)6-7-25(26)30(29)39)22-4-3-5-23(13-22)31-35-16-24(17-36-31)41-18-20-8-10-37(2)11-9-20/h3-7,12-14,16-17,19-20H,8-11,18H2,1-2H3. The number of halogens is 1. The highest BCUT2D eigenvalue weighted by Crippen LogP contribution is 2.38. The molecule has 1 aliphatic heterocycles.